The van der Waals surface area contributed by atoms with Gasteiger partial charge in [-0.05, 0) is 74.8 Å². The molecule has 2 N–H and O–H groups in total. The summed E-state index contributed by atoms with van der Waals surface area (Å²) >= 11 is 0. The highest BCUT2D eigenvalue weighted by Crippen LogP contribution is 2.30. The van der Waals surface area contributed by atoms with Crippen LogP contribution in [0.1, 0.15) is 47.9 Å². The van der Waals surface area contributed by atoms with Crippen LogP contribution in [-0.2, 0) is 16.1 Å². The number of hydrogen-bond donors (Lipinski definition) is 2. The van der Waals surface area contributed by atoms with E-state index in [0.29, 0.717) is 6.54 Å². The van der Waals surface area contributed by atoms with E-state index < -0.39 is 0 Å². The van der Waals surface area contributed by atoms with Gasteiger partial charge in [-0.2, -0.15) is 0 Å². The number of benzene rings is 2. The molecule has 148 valence electrons. The summed E-state index contributed by atoms with van der Waals surface area (Å²) in [6.07, 6.45) is 3.06. The zero-order chi connectivity index (χ0) is 20.1. The van der Waals surface area contributed by atoms with Crippen LogP contribution < -0.4 is 10.6 Å². The molecule has 3 rings (SSSR count). The van der Waals surface area contributed by atoms with Crippen molar-refractivity contribution >= 4 is 17.5 Å². The van der Waals surface area contributed by atoms with Crippen molar-refractivity contribution in [2.75, 3.05) is 5.32 Å². The van der Waals surface area contributed by atoms with Crippen LogP contribution in [0.25, 0.3) is 0 Å². The normalized spacial score (nSPS) is 19.1. The number of aryl methyl sites for hydroxylation is 3. The molecule has 0 aromatic heterocycles. The van der Waals surface area contributed by atoms with Crippen molar-refractivity contribution < 1.29 is 9.59 Å². The summed E-state index contributed by atoms with van der Waals surface area (Å²) in [4.78, 5) is 25.2. The fraction of sp³-hybridized carbons (Fsp3) is 0.417. The molecule has 2 aromatic carbocycles. The lowest BCUT2D eigenvalue weighted by Gasteiger charge is -2.27. The maximum Gasteiger partial charge on any atom is 0.227 e. The molecule has 4 nitrogen and oxygen atoms in total. The Labute approximate surface area is 167 Å². The number of amides is 2. The van der Waals surface area contributed by atoms with Crippen molar-refractivity contribution in [2.24, 2.45) is 11.8 Å². The molecule has 1 saturated carbocycles. The Hall–Kier alpha value is -2.62. The third kappa shape index (κ3) is 5.00. The topological polar surface area (TPSA) is 58.2 Å². The Morgan fingerprint density at radius 3 is 2.18 bits per heavy atom. The number of hydrogen-bond acceptors (Lipinski definition) is 2. The van der Waals surface area contributed by atoms with Crippen LogP contribution in [0, 0.1) is 32.6 Å². The van der Waals surface area contributed by atoms with E-state index in [9.17, 15) is 9.59 Å². The molecule has 0 atom stereocenters. The number of carbonyl (C=O) groups excluding carboxylic acids is 2. The van der Waals surface area contributed by atoms with Gasteiger partial charge in [0, 0.05) is 24.1 Å². The van der Waals surface area contributed by atoms with E-state index in [1.54, 1.807) is 0 Å². The van der Waals surface area contributed by atoms with Gasteiger partial charge in [-0.25, -0.2) is 0 Å². The van der Waals surface area contributed by atoms with E-state index in [2.05, 4.69) is 23.6 Å². The van der Waals surface area contributed by atoms with E-state index in [0.717, 1.165) is 48.1 Å². The molecule has 0 bridgehead atoms. The smallest absolute Gasteiger partial charge is 0.227 e. The van der Waals surface area contributed by atoms with Crippen molar-refractivity contribution in [2.45, 2.75) is 53.0 Å². The summed E-state index contributed by atoms with van der Waals surface area (Å²) in [5, 5.41) is 6.15. The first kappa shape index (κ1) is 20.1. The van der Waals surface area contributed by atoms with Crippen molar-refractivity contribution in [3.05, 3.63) is 64.7 Å². The maximum absolute atomic E-state index is 12.6. The molecule has 4 heteroatoms. The molecule has 28 heavy (non-hydrogen) atoms. The number of nitrogens with one attached hydrogen (secondary N) is 2. The molecule has 0 unspecified atom stereocenters. The highest BCUT2D eigenvalue weighted by Gasteiger charge is 2.30. The molecule has 2 aromatic rings. The maximum atomic E-state index is 12.6. The minimum Gasteiger partial charge on any atom is -0.352 e. The zero-order valence-corrected chi connectivity index (χ0v) is 17.0. The first-order valence-electron chi connectivity index (χ1n) is 10.1. The summed E-state index contributed by atoms with van der Waals surface area (Å²) in [5.41, 5.74) is 5.44. The zero-order valence-electron chi connectivity index (χ0n) is 17.0. The first-order chi connectivity index (χ1) is 13.4. The van der Waals surface area contributed by atoms with Gasteiger partial charge in [0.15, 0.2) is 0 Å². The van der Waals surface area contributed by atoms with Gasteiger partial charge in [0.05, 0.1) is 0 Å². The fourth-order valence-corrected chi connectivity index (χ4v) is 3.86. The van der Waals surface area contributed by atoms with Crippen molar-refractivity contribution in [1.29, 1.82) is 0 Å². The number of anilines is 1. The second-order valence-electron chi connectivity index (χ2n) is 8.00. The molecule has 2 amide bonds. The lowest BCUT2D eigenvalue weighted by Crippen LogP contribution is -2.35. The van der Waals surface area contributed by atoms with Crippen LogP contribution in [0.3, 0.4) is 0 Å². The van der Waals surface area contributed by atoms with Crippen molar-refractivity contribution in [3.8, 4) is 0 Å². The Balaban J connectivity index is 1.48. The van der Waals surface area contributed by atoms with E-state index in [1.807, 2.05) is 50.2 Å². The van der Waals surface area contributed by atoms with Gasteiger partial charge in [0.2, 0.25) is 11.8 Å². The Morgan fingerprint density at radius 2 is 1.50 bits per heavy atom. The Bertz CT molecular complexity index is 851. The molecule has 1 aliphatic rings. The minimum absolute atomic E-state index is 0.00812. The van der Waals surface area contributed by atoms with Crippen LogP contribution in [0.15, 0.2) is 42.5 Å². The molecule has 0 radical (unpaired) electrons. The third-order valence-corrected chi connectivity index (χ3v) is 5.83. The highest BCUT2D eigenvalue weighted by molar-refractivity contribution is 5.93. The predicted octanol–water partition coefficient (Wildman–Crippen LogP) is 4.67. The van der Waals surface area contributed by atoms with Gasteiger partial charge in [-0.1, -0.05) is 36.4 Å². The van der Waals surface area contributed by atoms with Crippen LogP contribution in [0.2, 0.25) is 0 Å². The van der Waals surface area contributed by atoms with Gasteiger partial charge in [-0.15, -0.1) is 0 Å². The minimum atomic E-state index is -0.0136. The van der Waals surface area contributed by atoms with Gasteiger partial charge < -0.3 is 10.6 Å². The van der Waals surface area contributed by atoms with Crippen LogP contribution >= 0.6 is 0 Å². The average molecular weight is 379 g/mol. The lowest BCUT2D eigenvalue weighted by molar-refractivity contribution is -0.128. The van der Waals surface area contributed by atoms with Gasteiger partial charge in [-0.3, -0.25) is 9.59 Å². The van der Waals surface area contributed by atoms with Crippen molar-refractivity contribution in [1.82, 2.24) is 5.32 Å². The molecule has 1 aliphatic carbocycles. The van der Waals surface area contributed by atoms with E-state index >= 15 is 0 Å². The van der Waals surface area contributed by atoms with E-state index in [4.69, 9.17) is 0 Å². The summed E-state index contributed by atoms with van der Waals surface area (Å²) in [6.45, 7) is 6.65. The molecule has 0 spiro atoms. The highest BCUT2D eigenvalue weighted by atomic mass is 16.2. The molecule has 0 heterocycles. The largest absolute Gasteiger partial charge is 0.352 e. The predicted molar refractivity (Wildman–Crippen MR) is 113 cm³/mol. The molecule has 0 aliphatic heterocycles. The second kappa shape index (κ2) is 9.05. The van der Waals surface area contributed by atoms with E-state index in [-0.39, 0.29) is 23.7 Å². The summed E-state index contributed by atoms with van der Waals surface area (Å²) < 4.78 is 0. The van der Waals surface area contributed by atoms with Gasteiger partial charge in [0.25, 0.3) is 0 Å². The van der Waals surface area contributed by atoms with Gasteiger partial charge >= 0.3 is 0 Å². The third-order valence-electron chi connectivity index (χ3n) is 5.83. The summed E-state index contributed by atoms with van der Waals surface area (Å²) in [6, 6.07) is 14.2. The van der Waals surface area contributed by atoms with E-state index in [1.165, 1.54) is 5.56 Å². The molecule has 1 fully saturated rings. The standard InChI is InChI=1S/C24H30N2O2/c1-16-8-9-18(3)22(14-16)26-24(28)20-12-10-19(11-13-20)23(27)25-15-21-7-5-4-6-17(21)2/h4-9,14,19-20H,10-13,15H2,1-3H3,(H,25,27)(H,26,28). The average Bonchev–Trinajstić information content (AvgIpc) is 2.70. The number of rotatable bonds is 5. The Morgan fingerprint density at radius 1 is 0.857 bits per heavy atom. The Kier molecular flexibility index (Phi) is 6.50. The summed E-state index contributed by atoms with van der Waals surface area (Å²) in [7, 11) is 0. The molecular formula is C24H30N2O2. The summed E-state index contributed by atoms with van der Waals surface area (Å²) in [5.74, 6) is 0.179. The van der Waals surface area contributed by atoms with Crippen LogP contribution in [-0.4, -0.2) is 11.8 Å². The lowest BCUT2D eigenvalue weighted by atomic mass is 9.81. The number of carbonyl (C=O) groups is 2. The van der Waals surface area contributed by atoms with Crippen molar-refractivity contribution in [3.63, 3.8) is 0 Å². The van der Waals surface area contributed by atoms with Crippen LogP contribution in [0.5, 0.6) is 0 Å². The van der Waals surface area contributed by atoms with Crippen LogP contribution in [0.4, 0.5) is 5.69 Å². The quantitative estimate of drug-likeness (QED) is 0.794. The molecule has 0 saturated heterocycles. The fourth-order valence-electron chi connectivity index (χ4n) is 3.86. The second-order valence-corrected chi connectivity index (χ2v) is 8.00. The monoisotopic (exact) mass is 378 g/mol. The molecular weight excluding hydrogens is 348 g/mol. The first-order valence-corrected chi connectivity index (χ1v) is 10.1. The van der Waals surface area contributed by atoms with Gasteiger partial charge in [0.1, 0.15) is 0 Å². The SMILES string of the molecule is Cc1ccc(C)c(NC(=O)C2CCC(C(=O)NCc3ccccc3C)CC2)c1.